The van der Waals surface area contributed by atoms with Gasteiger partial charge in [-0.25, -0.2) is 0 Å². The zero-order valence-electron chi connectivity index (χ0n) is 12.4. The van der Waals surface area contributed by atoms with Crippen LogP contribution < -0.4 is 11.1 Å². The van der Waals surface area contributed by atoms with Gasteiger partial charge in [-0.05, 0) is 26.3 Å². The molecule has 0 bridgehead atoms. The summed E-state index contributed by atoms with van der Waals surface area (Å²) < 4.78 is 4.89. The topological polar surface area (TPSA) is 67.6 Å². The van der Waals surface area contributed by atoms with E-state index in [0.29, 0.717) is 19.1 Å². The van der Waals surface area contributed by atoms with E-state index >= 15 is 0 Å². The molecule has 0 spiro atoms. The van der Waals surface area contributed by atoms with Crippen molar-refractivity contribution in [2.24, 2.45) is 11.7 Å². The molecule has 0 saturated heterocycles. The lowest BCUT2D eigenvalue weighted by atomic mass is 10.0. The van der Waals surface area contributed by atoms with Crippen LogP contribution in [-0.4, -0.2) is 56.7 Å². The molecule has 5 nitrogen and oxygen atoms in total. The Hall–Kier alpha value is -0.650. The molecule has 0 aliphatic heterocycles. The van der Waals surface area contributed by atoms with Crippen molar-refractivity contribution in [1.82, 2.24) is 10.2 Å². The average molecular weight is 259 g/mol. The minimum absolute atomic E-state index is 0.0349. The minimum atomic E-state index is -0.138. The quantitative estimate of drug-likeness (QED) is 0.590. The summed E-state index contributed by atoms with van der Waals surface area (Å²) in [6, 6.07) is 0.0532. The summed E-state index contributed by atoms with van der Waals surface area (Å²) in [4.78, 5) is 13.8. The molecule has 18 heavy (non-hydrogen) atoms. The number of hydrogen-bond donors (Lipinski definition) is 2. The second kappa shape index (κ2) is 9.30. The Balaban J connectivity index is 3.93. The number of nitrogens with two attached hydrogens (primary N) is 1. The molecular formula is C13H29N3O2. The Morgan fingerprint density at radius 2 is 2.00 bits per heavy atom. The molecule has 0 aliphatic rings. The van der Waals surface area contributed by atoms with Gasteiger partial charge in [0.2, 0.25) is 5.91 Å². The van der Waals surface area contributed by atoms with Crippen LogP contribution in [0.3, 0.4) is 0 Å². The maximum Gasteiger partial charge on any atom is 0.237 e. The number of nitrogens with zero attached hydrogens (tertiary/aromatic N) is 1. The van der Waals surface area contributed by atoms with Crippen LogP contribution in [0.15, 0.2) is 0 Å². The smallest absolute Gasteiger partial charge is 0.237 e. The molecule has 0 aromatic heterocycles. The number of methoxy groups -OCH3 is 1. The highest BCUT2D eigenvalue weighted by Gasteiger charge is 2.18. The highest BCUT2D eigenvalue weighted by molar-refractivity contribution is 5.81. The summed E-state index contributed by atoms with van der Waals surface area (Å²) in [5, 5.41) is 2.84. The first-order valence-electron chi connectivity index (χ1n) is 6.62. The summed E-state index contributed by atoms with van der Waals surface area (Å²) in [6.45, 7) is 8.07. The Morgan fingerprint density at radius 3 is 2.50 bits per heavy atom. The number of nitrogens with one attached hydrogen (secondary N) is 1. The van der Waals surface area contributed by atoms with Gasteiger partial charge >= 0.3 is 0 Å². The van der Waals surface area contributed by atoms with Crippen LogP contribution in [0.2, 0.25) is 0 Å². The molecule has 0 fully saturated rings. The van der Waals surface area contributed by atoms with Gasteiger partial charge in [-0.2, -0.15) is 0 Å². The van der Waals surface area contributed by atoms with E-state index in [1.165, 1.54) is 0 Å². The van der Waals surface area contributed by atoms with E-state index in [9.17, 15) is 4.79 Å². The Morgan fingerprint density at radius 1 is 1.39 bits per heavy atom. The monoisotopic (exact) mass is 259 g/mol. The first-order valence-corrected chi connectivity index (χ1v) is 6.62. The number of ether oxygens (including phenoxy) is 1. The Labute approximate surface area is 111 Å². The standard InChI is InChI=1S/C13H29N3O2/c1-10(2)12(14)6-8-16(4)11(3)13(17)15-7-9-18-5/h10-12H,6-9,14H2,1-5H3,(H,15,17). The molecule has 2 atom stereocenters. The molecule has 0 aliphatic carbocycles. The van der Waals surface area contributed by atoms with Crippen LogP contribution in [0, 0.1) is 5.92 Å². The lowest BCUT2D eigenvalue weighted by Crippen LogP contribution is -2.45. The molecule has 0 aromatic carbocycles. The lowest BCUT2D eigenvalue weighted by Gasteiger charge is -2.26. The number of hydrogen-bond acceptors (Lipinski definition) is 4. The van der Waals surface area contributed by atoms with Crippen molar-refractivity contribution in [1.29, 1.82) is 0 Å². The van der Waals surface area contributed by atoms with E-state index in [-0.39, 0.29) is 18.0 Å². The van der Waals surface area contributed by atoms with Crippen molar-refractivity contribution < 1.29 is 9.53 Å². The highest BCUT2D eigenvalue weighted by atomic mass is 16.5. The van der Waals surface area contributed by atoms with Crippen molar-refractivity contribution in [3.63, 3.8) is 0 Å². The molecule has 1 amide bonds. The van der Waals surface area contributed by atoms with Crippen molar-refractivity contribution in [2.45, 2.75) is 39.3 Å². The van der Waals surface area contributed by atoms with Crippen LogP contribution in [-0.2, 0) is 9.53 Å². The van der Waals surface area contributed by atoms with Crippen LogP contribution in [0.4, 0.5) is 0 Å². The largest absolute Gasteiger partial charge is 0.383 e. The van der Waals surface area contributed by atoms with Crippen LogP contribution >= 0.6 is 0 Å². The van der Waals surface area contributed by atoms with Gasteiger partial charge < -0.3 is 15.8 Å². The molecular weight excluding hydrogens is 230 g/mol. The van der Waals surface area contributed by atoms with E-state index in [0.717, 1.165) is 13.0 Å². The van der Waals surface area contributed by atoms with Gasteiger partial charge in [0.1, 0.15) is 0 Å². The fourth-order valence-corrected chi connectivity index (χ4v) is 1.50. The third kappa shape index (κ3) is 6.93. The lowest BCUT2D eigenvalue weighted by molar-refractivity contribution is -0.125. The van der Waals surface area contributed by atoms with Gasteiger partial charge in [-0.15, -0.1) is 0 Å². The summed E-state index contributed by atoms with van der Waals surface area (Å²) >= 11 is 0. The molecule has 5 heteroatoms. The number of likely N-dealkylation sites (N-methyl/N-ethyl adjacent to an activating group) is 1. The fourth-order valence-electron chi connectivity index (χ4n) is 1.50. The van der Waals surface area contributed by atoms with E-state index in [4.69, 9.17) is 10.5 Å². The van der Waals surface area contributed by atoms with Crippen molar-refractivity contribution in [3.05, 3.63) is 0 Å². The second-order valence-electron chi connectivity index (χ2n) is 5.14. The van der Waals surface area contributed by atoms with Gasteiger partial charge in [0.25, 0.3) is 0 Å². The zero-order valence-corrected chi connectivity index (χ0v) is 12.4. The molecule has 0 rings (SSSR count). The molecule has 2 unspecified atom stereocenters. The van der Waals surface area contributed by atoms with Crippen molar-refractivity contribution in [3.8, 4) is 0 Å². The predicted octanol–water partition coefficient (Wildman–Crippen LogP) is 0.443. The van der Waals surface area contributed by atoms with E-state index in [1.807, 2.05) is 18.9 Å². The van der Waals surface area contributed by atoms with Gasteiger partial charge in [-0.3, -0.25) is 9.69 Å². The number of amides is 1. The summed E-state index contributed by atoms with van der Waals surface area (Å²) in [7, 11) is 3.57. The second-order valence-corrected chi connectivity index (χ2v) is 5.14. The first kappa shape index (κ1) is 17.4. The van der Waals surface area contributed by atoms with Gasteiger partial charge in [0.05, 0.1) is 12.6 Å². The van der Waals surface area contributed by atoms with Crippen molar-refractivity contribution in [2.75, 3.05) is 33.9 Å². The SMILES string of the molecule is COCCNC(=O)C(C)N(C)CCC(N)C(C)C. The van der Waals surface area contributed by atoms with Gasteiger partial charge in [0.15, 0.2) is 0 Å². The Kier molecular flexibility index (Phi) is 8.97. The molecule has 0 aromatic rings. The molecule has 0 saturated carbocycles. The zero-order chi connectivity index (χ0) is 14.1. The number of carbonyl (C=O) groups is 1. The number of carbonyl (C=O) groups excluding carboxylic acids is 1. The van der Waals surface area contributed by atoms with E-state index < -0.39 is 0 Å². The first-order chi connectivity index (χ1) is 8.40. The molecule has 108 valence electrons. The van der Waals surface area contributed by atoms with Crippen LogP contribution in [0.1, 0.15) is 27.2 Å². The summed E-state index contributed by atoms with van der Waals surface area (Å²) in [5.74, 6) is 0.511. The highest BCUT2D eigenvalue weighted by Crippen LogP contribution is 2.05. The third-order valence-corrected chi connectivity index (χ3v) is 3.32. The van der Waals surface area contributed by atoms with Crippen LogP contribution in [0.25, 0.3) is 0 Å². The van der Waals surface area contributed by atoms with Crippen molar-refractivity contribution >= 4 is 5.91 Å². The summed E-state index contributed by atoms with van der Waals surface area (Å²) in [5.41, 5.74) is 6.00. The third-order valence-electron chi connectivity index (χ3n) is 3.32. The average Bonchev–Trinajstić information content (AvgIpc) is 2.34. The van der Waals surface area contributed by atoms with Gasteiger partial charge in [-0.1, -0.05) is 13.8 Å². The normalized spacial score (nSPS) is 14.9. The maximum atomic E-state index is 11.8. The molecule has 0 radical (unpaired) electrons. The Bertz CT molecular complexity index is 234. The van der Waals surface area contributed by atoms with E-state index in [1.54, 1.807) is 7.11 Å². The fraction of sp³-hybridized carbons (Fsp3) is 0.923. The maximum absolute atomic E-state index is 11.8. The summed E-state index contributed by atoms with van der Waals surface area (Å²) in [6.07, 6.45) is 0.907. The number of rotatable bonds is 9. The minimum Gasteiger partial charge on any atom is -0.383 e. The van der Waals surface area contributed by atoms with E-state index in [2.05, 4.69) is 19.2 Å². The predicted molar refractivity (Wildman–Crippen MR) is 74.4 cm³/mol. The molecule has 3 N–H and O–H groups in total. The molecule has 0 heterocycles. The van der Waals surface area contributed by atoms with Crippen LogP contribution in [0.5, 0.6) is 0 Å². The van der Waals surface area contributed by atoms with Gasteiger partial charge in [0, 0.05) is 26.2 Å².